The normalized spacial score (nSPS) is 11.7. The van der Waals surface area contributed by atoms with E-state index in [0.29, 0.717) is 11.1 Å². The SMILES string of the molecule is Cc1cc(C(F)(F)F)nc2c(C#N)c(N)[nH]c12. The molecule has 0 aliphatic heterocycles. The van der Waals surface area contributed by atoms with Gasteiger partial charge in [-0.15, -0.1) is 0 Å². The molecule has 0 aliphatic rings. The predicted molar refractivity (Wildman–Crippen MR) is 55.0 cm³/mol. The number of hydrogen-bond acceptors (Lipinski definition) is 3. The number of nitriles is 1. The molecule has 0 spiro atoms. The summed E-state index contributed by atoms with van der Waals surface area (Å²) in [6, 6.07) is 2.65. The van der Waals surface area contributed by atoms with E-state index in [1.165, 1.54) is 6.92 Å². The maximum absolute atomic E-state index is 12.6. The van der Waals surface area contributed by atoms with Gasteiger partial charge in [0.2, 0.25) is 0 Å². The van der Waals surface area contributed by atoms with Gasteiger partial charge < -0.3 is 10.7 Å². The summed E-state index contributed by atoms with van der Waals surface area (Å²) < 4.78 is 37.7. The number of nitrogens with zero attached hydrogens (tertiary/aromatic N) is 2. The van der Waals surface area contributed by atoms with Gasteiger partial charge in [-0.2, -0.15) is 18.4 Å². The molecule has 0 aromatic carbocycles. The molecule has 0 atom stereocenters. The number of nitrogens with two attached hydrogens (primary N) is 1. The van der Waals surface area contributed by atoms with Crippen molar-refractivity contribution < 1.29 is 13.2 Å². The molecule has 0 unspecified atom stereocenters. The van der Waals surface area contributed by atoms with Crippen LogP contribution >= 0.6 is 0 Å². The lowest BCUT2D eigenvalue weighted by atomic mass is 10.2. The maximum Gasteiger partial charge on any atom is 0.433 e. The molecular weight excluding hydrogens is 233 g/mol. The van der Waals surface area contributed by atoms with E-state index in [2.05, 4.69) is 9.97 Å². The molecule has 3 N–H and O–H groups in total. The Hall–Kier alpha value is -2.23. The molecule has 0 bridgehead atoms. The van der Waals surface area contributed by atoms with Crippen LogP contribution in [-0.2, 0) is 6.18 Å². The Kier molecular flexibility index (Phi) is 2.24. The number of aromatic amines is 1. The van der Waals surface area contributed by atoms with Crippen LogP contribution in [0.1, 0.15) is 16.8 Å². The molecule has 0 fully saturated rings. The largest absolute Gasteiger partial charge is 0.433 e. The number of anilines is 1. The first-order chi connectivity index (χ1) is 7.84. The van der Waals surface area contributed by atoms with Crippen LogP contribution in [0.4, 0.5) is 19.0 Å². The minimum Gasteiger partial charge on any atom is -0.384 e. The summed E-state index contributed by atoms with van der Waals surface area (Å²) in [5.41, 5.74) is 5.05. The van der Waals surface area contributed by atoms with Crippen molar-refractivity contribution >= 4 is 16.9 Å². The van der Waals surface area contributed by atoms with E-state index >= 15 is 0 Å². The Morgan fingerprint density at radius 3 is 2.65 bits per heavy atom. The van der Waals surface area contributed by atoms with Crippen LogP contribution in [0, 0.1) is 18.3 Å². The fraction of sp³-hybridized carbons (Fsp3) is 0.200. The van der Waals surface area contributed by atoms with E-state index in [0.717, 1.165) is 6.07 Å². The Morgan fingerprint density at radius 1 is 1.47 bits per heavy atom. The number of hydrogen-bond donors (Lipinski definition) is 2. The summed E-state index contributed by atoms with van der Waals surface area (Å²) in [6.45, 7) is 1.50. The van der Waals surface area contributed by atoms with Crippen molar-refractivity contribution in [2.75, 3.05) is 5.73 Å². The first-order valence-corrected chi connectivity index (χ1v) is 4.60. The third-order valence-corrected chi connectivity index (χ3v) is 2.38. The predicted octanol–water partition coefficient (Wildman–Crippen LogP) is 2.34. The Morgan fingerprint density at radius 2 is 2.12 bits per heavy atom. The molecule has 2 heterocycles. The number of fused-ring (bicyclic) bond motifs is 1. The Balaban J connectivity index is 2.85. The molecule has 0 radical (unpaired) electrons. The molecule has 0 amide bonds. The molecule has 0 saturated carbocycles. The average molecular weight is 240 g/mol. The molecule has 4 nitrogen and oxygen atoms in total. The van der Waals surface area contributed by atoms with Gasteiger partial charge >= 0.3 is 6.18 Å². The number of nitrogen functional groups attached to an aromatic ring is 1. The summed E-state index contributed by atoms with van der Waals surface area (Å²) in [6.07, 6.45) is -4.54. The zero-order valence-corrected chi connectivity index (χ0v) is 8.68. The molecule has 17 heavy (non-hydrogen) atoms. The number of alkyl halides is 3. The van der Waals surface area contributed by atoms with E-state index in [4.69, 9.17) is 11.0 Å². The van der Waals surface area contributed by atoms with Gasteiger partial charge in [0, 0.05) is 0 Å². The summed E-state index contributed by atoms with van der Waals surface area (Å²) in [5, 5.41) is 8.82. The fourth-order valence-corrected chi connectivity index (χ4v) is 1.59. The minimum absolute atomic E-state index is 0.0254. The first kappa shape index (κ1) is 11.3. The van der Waals surface area contributed by atoms with E-state index in [1.807, 2.05) is 0 Å². The maximum atomic E-state index is 12.6. The second-order valence-electron chi connectivity index (χ2n) is 3.57. The molecule has 2 aromatic rings. The Bertz CT molecular complexity index is 634. The van der Waals surface area contributed by atoms with Crippen LogP contribution in [-0.4, -0.2) is 9.97 Å². The number of nitrogens with one attached hydrogen (secondary N) is 1. The summed E-state index contributed by atoms with van der Waals surface area (Å²) >= 11 is 0. The standard InChI is InChI=1S/C10H7F3N4/c1-4-2-6(10(11,12)13)16-8-5(3-14)9(15)17-7(4)8/h2,17H,15H2,1H3. The zero-order chi connectivity index (χ0) is 12.8. The lowest BCUT2D eigenvalue weighted by molar-refractivity contribution is -0.141. The fourth-order valence-electron chi connectivity index (χ4n) is 1.59. The monoisotopic (exact) mass is 240 g/mol. The van der Waals surface area contributed by atoms with Crippen molar-refractivity contribution in [1.82, 2.24) is 9.97 Å². The van der Waals surface area contributed by atoms with Crippen molar-refractivity contribution in [2.24, 2.45) is 0 Å². The van der Waals surface area contributed by atoms with Crippen molar-refractivity contribution in [2.45, 2.75) is 13.1 Å². The highest BCUT2D eigenvalue weighted by Crippen LogP contribution is 2.32. The third-order valence-electron chi connectivity index (χ3n) is 2.38. The quantitative estimate of drug-likeness (QED) is 0.741. The van der Waals surface area contributed by atoms with E-state index in [-0.39, 0.29) is 16.9 Å². The number of aryl methyl sites for hydroxylation is 1. The van der Waals surface area contributed by atoms with E-state index < -0.39 is 11.9 Å². The molecule has 88 valence electrons. The van der Waals surface area contributed by atoms with Gasteiger partial charge in [-0.25, -0.2) is 4.98 Å². The third kappa shape index (κ3) is 1.67. The van der Waals surface area contributed by atoms with Crippen molar-refractivity contribution in [3.8, 4) is 6.07 Å². The second kappa shape index (κ2) is 3.38. The molecular formula is C10H7F3N4. The van der Waals surface area contributed by atoms with E-state index in [9.17, 15) is 13.2 Å². The van der Waals surface area contributed by atoms with Gasteiger partial charge in [0.15, 0.2) is 0 Å². The molecule has 0 aliphatic carbocycles. The van der Waals surface area contributed by atoms with Gasteiger partial charge in [0.05, 0.1) is 5.52 Å². The number of halogens is 3. The van der Waals surface area contributed by atoms with Crippen LogP contribution in [0.15, 0.2) is 6.07 Å². The van der Waals surface area contributed by atoms with Crippen LogP contribution in [0.25, 0.3) is 11.0 Å². The minimum atomic E-state index is -4.54. The first-order valence-electron chi connectivity index (χ1n) is 4.60. The summed E-state index contributed by atoms with van der Waals surface area (Å²) in [5.74, 6) is 0.0254. The van der Waals surface area contributed by atoms with Crippen molar-refractivity contribution in [1.29, 1.82) is 5.26 Å². The van der Waals surface area contributed by atoms with Gasteiger partial charge in [0.1, 0.15) is 28.7 Å². The zero-order valence-electron chi connectivity index (χ0n) is 8.68. The van der Waals surface area contributed by atoms with Crippen molar-refractivity contribution in [3.63, 3.8) is 0 Å². The van der Waals surface area contributed by atoms with Crippen LogP contribution in [0.2, 0.25) is 0 Å². The molecule has 7 heteroatoms. The van der Waals surface area contributed by atoms with Crippen LogP contribution < -0.4 is 5.73 Å². The molecule has 0 saturated heterocycles. The Labute approximate surface area is 93.9 Å². The van der Waals surface area contributed by atoms with Gasteiger partial charge in [0.25, 0.3) is 0 Å². The highest BCUT2D eigenvalue weighted by atomic mass is 19.4. The second-order valence-corrected chi connectivity index (χ2v) is 3.57. The number of pyridine rings is 1. The average Bonchev–Trinajstić information content (AvgIpc) is 2.53. The summed E-state index contributed by atoms with van der Waals surface area (Å²) in [7, 11) is 0. The molecule has 2 aromatic heterocycles. The van der Waals surface area contributed by atoms with Crippen LogP contribution in [0.5, 0.6) is 0 Å². The van der Waals surface area contributed by atoms with Crippen LogP contribution in [0.3, 0.4) is 0 Å². The van der Waals surface area contributed by atoms with Gasteiger partial charge in [-0.1, -0.05) is 0 Å². The van der Waals surface area contributed by atoms with Crippen molar-refractivity contribution in [3.05, 3.63) is 22.9 Å². The topological polar surface area (TPSA) is 78.5 Å². The highest BCUT2D eigenvalue weighted by Gasteiger charge is 2.33. The lowest BCUT2D eigenvalue weighted by Gasteiger charge is -2.06. The summed E-state index contributed by atoms with van der Waals surface area (Å²) in [4.78, 5) is 6.09. The lowest BCUT2D eigenvalue weighted by Crippen LogP contribution is -2.08. The van der Waals surface area contributed by atoms with Gasteiger partial charge in [-0.05, 0) is 18.6 Å². The number of rotatable bonds is 0. The highest BCUT2D eigenvalue weighted by molar-refractivity contribution is 5.89. The number of H-pyrrole nitrogens is 1. The van der Waals surface area contributed by atoms with E-state index in [1.54, 1.807) is 6.07 Å². The van der Waals surface area contributed by atoms with Gasteiger partial charge in [-0.3, -0.25) is 0 Å². The smallest absolute Gasteiger partial charge is 0.384 e. The molecule has 2 rings (SSSR count). The number of aromatic nitrogens is 2.